The Morgan fingerprint density at radius 1 is 0.269 bits per heavy atom. The van der Waals surface area contributed by atoms with Crippen LogP contribution in [0.25, 0.3) is 55.6 Å². The number of unbranched alkanes of at least 4 members (excludes halogenated alkanes) is 20. The van der Waals surface area contributed by atoms with E-state index in [2.05, 4.69) is 113 Å². The van der Waals surface area contributed by atoms with Crippen molar-refractivity contribution in [3.63, 3.8) is 0 Å². The summed E-state index contributed by atoms with van der Waals surface area (Å²) in [5, 5.41) is 0. The quantitative estimate of drug-likeness (QED) is 0.0291. The Bertz CT molecular complexity index is 3580. The zero-order valence-electron chi connectivity index (χ0n) is 55.3. The van der Waals surface area contributed by atoms with Crippen molar-refractivity contribution < 1.29 is 35.1 Å². The molecule has 0 aliphatic heterocycles. The van der Waals surface area contributed by atoms with E-state index >= 15 is 35.1 Å². The summed E-state index contributed by atoms with van der Waals surface area (Å²) >= 11 is 0. The predicted octanol–water partition coefficient (Wildman–Crippen LogP) is 27.2. The van der Waals surface area contributed by atoms with Crippen LogP contribution in [0.4, 0.5) is 35.1 Å². The Morgan fingerprint density at radius 2 is 0.538 bits per heavy atom. The van der Waals surface area contributed by atoms with Gasteiger partial charge in [-0.1, -0.05) is 291 Å². The highest BCUT2D eigenvalue weighted by molar-refractivity contribution is 5.92. The van der Waals surface area contributed by atoms with Crippen molar-refractivity contribution in [2.24, 2.45) is 0 Å². The molecule has 0 saturated carbocycles. The van der Waals surface area contributed by atoms with Crippen LogP contribution < -0.4 is 0 Å². The maximum absolute atomic E-state index is 15.9. The second kappa shape index (κ2) is 29.5. The molecule has 0 saturated heterocycles. The SMILES string of the molecule is CCCCCCCCC1(CCCCCCCC)c2ccccc2-c2ccc(-c3ccc4c(c3)C(c3ccc(F)c(C(F)(F)F)c3)(c3ccc(F)c(C(F)(F)F)c3)c3cc(-c5ccc6c(c5)C(CCCCCCCC)(CCCCCCCC)c5ccccc5-6)ccc3-4)cc21. The first-order chi connectivity index (χ1) is 45.0. The van der Waals surface area contributed by atoms with Gasteiger partial charge < -0.3 is 0 Å². The lowest BCUT2D eigenvalue weighted by Crippen LogP contribution is -2.30. The van der Waals surface area contributed by atoms with Crippen LogP contribution in [-0.4, -0.2) is 0 Å². The van der Waals surface area contributed by atoms with E-state index in [1.54, 1.807) is 0 Å². The molecule has 0 spiro atoms. The van der Waals surface area contributed by atoms with E-state index in [9.17, 15) is 0 Å². The van der Waals surface area contributed by atoms with Crippen molar-refractivity contribution in [1.29, 1.82) is 0 Å². The van der Waals surface area contributed by atoms with Gasteiger partial charge in [0.1, 0.15) is 11.6 Å². The lowest BCUT2D eigenvalue weighted by Gasteiger charge is -2.35. The van der Waals surface area contributed by atoms with Gasteiger partial charge >= 0.3 is 12.4 Å². The summed E-state index contributed by atoms with van der Waals surface area (Å²) in [5.74, 6) is -3.02. The largest absolute Gasteiger partial charge is 0.419 e. The molecule has 0 amide bonds. The first-order valence-electron chi connectivity index (χ1n) is 35.6. The van der Waals surface area contributed by atoms with Gasteiger partial charge in [0.05, 0.1) is 16.5 Å². The molecular formula is C85H94F8. The van der Waals surface area contributed by atoms with Gasteiger partial charge in [-0.2, -0.15) is 26.3 Å². The maximum Gasteiger partial charge on any atom is 0.419 e. The van der Waals surface area contributed by atoms with E-state index in [1.165, 1.54) is 159 Å². The summed E-state index contributed by atoms with van der Waals surface area (Å²) in [6.07, 6.45) is 21.4. The molecule has 490 valence electrons. The summed E-state index contributed by atoms with van der Waals surface area (Å²) in [4.78, 5) is 0. The Morgan fingerprint density at radius 3 is 0.849 bits per heavy atom. The minimum Gasteiger partial charge on any atom is -0.206 e. The van der Waals surface area contributed by atoms with Crippen molar-refractivity contribution in [2.45, 2.75) is 236 Å². The van der Waals surface area contributed by atoms with Gasteiger partial charge in [0.25, 0.3) is 0 Å². The molecule has 3 aliphatic rings. The lowest BCUT2D eigenvalue weighted by molar-refractivity contribution is -0.140. The molecule has 8 aromatic rings. The monoisotopic (exact) mass is 1270 g/mol. The van der Waals surface area contributed by atoms with Gasteiger partial charge in [-0.05, 0) is 174 Å². The third kappa shape index (κ3) is 13.5. The number of hydrogen-bond acceptors (Lipinski definition) is 0. The van der Waals surface area contributed by atoms with Crippen LogP contribution in [0.2, 0.25) is 0 Å². The molecule has 0 N–H and O–H groups in total. The molecule has 93 heavy (non-hydrogen) atoms. The molecule has 0 heterocycles. The molecular weight excluding hydrogens is 1170 g/mol. The Kier molecular flexibility index (Phi) is 21.4. The number of halogens is 8. The fourth-order valence-electron chi connectivity index (χ4n) is 16.8. The molecule has 0 aromatic heterocycles. The highest BCUT2D eigenvalue weighted by atomic mass is 19.4. The van der Waals surface area contributed by atoms with Crippen molar-refractivity contribution in [1.82, 2.24) is 0 Å². The molecule has 0 atom stereocenters. The zero-order valence-corrected chi connectivity index (χ0v) is 55.3. The summed E-state index contributed by atoms with van der Waals surface area (Å²) in [6, 6.07) is 48.2. The van der Waals surface area contributed by atoms with E-state index < -0.39 is 40.5 Å². The van der Waals surface area contributed by atoms with Crippen molar-refractivity contribution >= 4 is 0 Å². The first kappa shape index (κ1) is 67.6. The van der Waals surface area contributed by atoms with Crippen LogP contribution in [0.5, 0.6) is 0 Å². The van der Waals surface area contributed by atoms with Crippen LogP contribution in [0.1, 0.15) is 263 Å². The topological polar surface area (TPSA) is 0 Å². The van der Waals surface area contributed by atoms with Crippen LogP contribution in [0, 0.1) is 11.6 Å². The van der Waals surface area contributed by atoms with Gasteiger partial charge in [-0.3, -0.25) is 0 Å². The summed E-state index contributed by atoms with van der Waals surface area (Å²) in [7, 11) is 0. The molecule has 3 aliphatic carbocycles. The highest BCUT2D eigenvalue weighted by Crippen LogP contribution is 2.61. The predicted molar refractivity (Wildman–Crippen MR) is 369 cm³/mol. The second-order valence-electron chi connectivity index (χ2n) is 27.5. The molecule has 11 rings (SSSR count). The number of hydrogen-bond donors (Lipinski definition) is 0. The number of benzene rings is 8. The molecule has 0 nitrogen and oxygen atoms in total. The van der Waals surface area contributed by atoms with Crippen LogP contribution in [0.15, 0.2) is 158 Å². The van der Waals surface area contributed by atoms with Gasteiger partial charge in [0.2, 0.25) is 0 Å². The van der Waals surface area contributed by atoms with Gasteiger partial charge in [-0.15, -0.1) is 0 Å². The van der Waals surface area contributed by atoms with E-state index in [1.807, 2.05) is 36.4 Å². The van der Waals surface area contributed by atoms with E-state index in [0.29, 0.717) is 22.3 Å². The van der Waals surface area contributed by atoms with E-state index in [-0.39, 0.29) is 22.0 Å². The van der Waals surface area contributed by atoms with Crippen LogP contribution in [0.3, 0.4) is 0 Å². The van der Waals surface area contributed by atoms with Crippen molar-refractivity contribution in [2.75, 3.05) is 0 Å². The average molecular weight is 1270 g/mol. The molecule has 0 radical (unpaired) electrons. The standard InChI is InChI=1S/C85H94F8/c1-5-9-13-17-21-29-49-81(50-30-22-18-14-10-6-2)71-35-27-25-33-65(71)67-43-37-59(53-73(67)81)61-39-45-69-70-46-40-62(56-76(70)83(75(69)55-61,63-41-47-79(86)77(57-63)84(88,89)90)64-42-48-80(87)78(58-64)85(91,92)93)60-38-44-68-66-34-26-28-36-72(66)82(74(68)54-60,51-31-23-19-15-11-7-3)52-32-24-20-16-12-8-4/h25-28,33-48,53-58H,5-24,29-32,49-52H2,1-4H3. The zero-order chi connectivity index (χ0) is 65.4. The van der Waals surface area contributed by atoms with Gasteiger partial charge in [0, 0.05) is 10.8 Å². The average Bonchev–Trinajstić information content (AvgIpc) is 1.58. The van der Waals surface area contributed by atoms with Gasteiger partial charge in [0.15, 0.2) is 0 Å². The fraction of sp³-hybridized carbons (Fsp3) is 0.435. The van der Waals surface area contributed by atoms with E-state index in [0.717, 1.165) is 124 Å². The molecule has 8 heteroatoms. The minimum absolute atomic E-state index is 0.0900. The third-order valence-corrected chi connectivity index (χ3v) is 21.6. The molecule has 8 aromatic carbocycles. The second-order valence-corrected chi connectivity index (χ2v) is 27.5. The summed E-state index contributed by atoms with van der Waals surface area (Å²) in [5.41, 5.74) is 9.36. The molecule has 0 unspecified atom stereocenters. The van der Waals surface area contributed by atoms with Crippen LogP contribution in [-0.2, 0) is 28.6 Å². The highest BCUT2D eigenvalue weighted by Gasteiger charge is 2.50. The number of alkyl halides is 6. The first-order valence-corrected chi connectivity index (χ1v) is 35.6. The number of rotatable bonds is 32. The maximum atomic E-state index is 15.9. The Balaban J connectivity index is 1.10. The van der Waals surface area contributed by atoms with Crippen molar-refractivity contribution in [3.8, 4) is 55.6 Å². The van der Waals surface area contributed by atoms with Gasteiger partial charge in [-0.25, -0.2) is 8.78 Å². The lowest BCUT2D eigenvalue weighted by atomic mass is 9.66. The third-order valence-electron chi connectivity index (χ3n) is 21.6. The summed E-state index contributed by atoms with van der Waals surface area (Å²) in [6.45, 7) is 8.94. The molecule has 0 fully saturated rings. The number of fused-ring (bicyclic) bond motifs is 9. The molecule has 0 bridgehead atoms. The smallest absolute Gasteiger partial charge is 0.206 e. The minimum atomic E-state index is -5.17. The fourth-order valence-corrected chi connectivity index (χ4v) is 16.8. The van der Waals surface area contributed by atoms with E-state index in [4.69, 9.17) is 0 Å². The normalized spacial score (nSPS) is 14.6. The van der Waals surface area contributed by atoms with Crippen molar-refractivity contribution in [3.05, 3.63) is 225 Å². The Hall–Kier alpha value is -6.80. The Labute approximate surface area is 549 Å². The van der Waals surface area contributed by atoms with Crippen LogP contribution >= 0.6 is 0 Å². The summed E-state index contributed by atoms with van der Waals surface area (Å²) < 4.78 is 124.